The van der Waals surface area contributed by atoms with Crippen LogP contribution in [0.15, 0.2) is 46.4 Å². The Kier molecular flexibility index (Phi) is 9.12. The predicted octanol–water partition coefficient (Wildman–Crippen LogP) is 8.63. The molecule has 3 heteroatoms. The van der Waals surface area contributed by atoms with Crippen LogP contribution in [0.5, 0.6) is 0 Å². The molecule has 0 fully saturated rings. The average Bonchev–Trinajstić information content (AvgIpc) is 2.75. The molecule has 32 heavy (non-hydrogen) atoms. The lowest BCUT2D eigenvalue weighted by Gasteiger charge is -2.17. The zero-order chi connectivity index (χ0) is 24.0. The Morgan fingerprint density at radius 2 is 1.09 bits per heavy atom. The predicted molar refractivity (Wildman–Crippen MR) is 140 cm³/mol. The largest absolute Gasteiger partial charge is 0.292 e. The van der Waals surface area contributed by atoms with Crippen LogP contribution in [0.4, 0.5) is 11.4 Å². The number of para-hydroxylation sites is 2. The Morgan fingerprint density at radius 1 is 0.719 bits per heavy atom. The summed E-state index contributed by atoms with van der Waals surface area (Å²) in [6.07, 6.45) is 2.09. The number of benzene rings is 2. The molecule has 2 aromatic rings. The summed E-state index contributed by atoms with van der Waals surface area (Å²) in [5.41, 5.74) is 7.03. The van der Waals surface area contributed by atoms with E-state index in [2.05, 4.69) is 91.8 Å². The van der Waals surface area contributed by atoms with Crippen LogP contribution in [0.3, 0.4) is 0 Å². The van der Waals surface area contributed by atoms with Gasteiger partial charge in [0, 0.05) is 6.42 Å². The van der Waals surface area contributed by atoms with E-state index in [-0.39, 0.29) is 5.78 Å². The smallest absolute Gasteiger partial charge is 0.182 e. The molecule has 0 heterocycles. The van der Waals surface area contributed by atoms with Gasteiger partial charge in [0.25, 0.3) is 0 Å². The summed E-state index contributed by atoms with van der Waals surface area (Å²) in [7, 11) is 0. The molecule has 2 aromatic carbocycles. The molecule has 0 saturated carbocycles. The van der Waals surface area contributed by atoms with E-state index in [0.717, 1.165) is 22.5 Å². The number of Topliss-reactive ketones (excluding diaryl/α,β-unsaturated/α-hetero) is 1. The van der Waals surface area contributed by atoms with Crippen molar-refractivity contribution in [2.75, 3.05) is 0 Å². The molecule has 0 aliphatic heterocycles. The van der Waals surface area contributed by atoms with E-state index in [1.807, 2.05) is 6.92 Å². The van der Waals surface area contributed by atoms with Crippen LogP contribution in [-0.2, 0) is 4.79 Å². The highest BCUT2D eigenvalue weighted by atomic mass is 16.1. The molecular weight excluding hydrogens is 392 g/mol. The fourth-order valence-electron chi connectivity index (χ4n) is 3.89. The van der Waals surface area contributed by atoms with Gasteiger partial charge in [-0.15, -0.1) is 0 Å². The highest BCUT2D eigenvalue weighted by Crippen LogP contribution is 2.36. The third-order valence-electron chi connectivity index (χ3n) is 5.84. The van der Waals surface area contributed by atoms with Crippen molar-refractivity contribution in [3.8, 4) is 0 Å². The van der Waals surface area contributed by atoms with Gasteiger partial charge in [-0.25, -0.2) is 4.99 Å². The molecule has 0 spiro atoms. The van der Waals surface area contributed by atoms with Gasteiger partial charge in [0.05, 0.1) is 17.6 Å². The maximum absolute atomic E-state index is 12.9. The average molecular weight is 433 g/mol. The van der Waals surface area contributed by atoms with Gasteiger partial charge in [-0.2, -0.15) is 0 Å². The van der Waals surface area contributed by atoms with E-state index in [1.54, 1.807) is 6.21 Å². The van der Waals surface area contributed by atoms with Gasteiger partial charge in [0.2, 0.25) is 0 Å². The standard InChI is InChI=1S/C29H40N2O/c1-10-27(32)26(31-29-24(20(6)7)15-12-16-25(29)21(8)9)17-30-28-22(18(2)3)13-11-14-23(28)19(4)5/h11-21H,10H2,1-9H3/b30-17-,31-26-. The molecule has 2 rings (SSSR count). The molecule has 0 bridgehead atoms. The third kappa shape index (κ3) is 6.03. The minimum Gasteiger partial charge on any atom is -0.292 e. The molecule has 0 aromatic heterocycles. The van der Waals surface area contributed by atoms with Gasteiger partial charge in [-0.05, 0) is 45.9 Å². The van der Waals surface area contributed by atoms with Crippen LogP contribution < -0.4 is 0 Å². The van der Waals surface area contributed by atoms with Crippen molar-refractivity contribution in [1.82, 2.24) is 0 Å². The van der Waals surface area contributed by atoms with Gasteiger partial charge in [-0.1, -0.05) is 98.7 Å². The minimum absolute atomic E-state index is 0.00939. The van der Waals surface area contributed by atoms with Crippen molar-refractivity contribution < 1.29 is 4.79 Å². The number of rotatable bonds is 9. The van der Waals surface area contributed by atoms with Crippen LogP contribution in [0.2, 0.25) is 0 Å². The van der Waals surface area contributed by atoms with Crippen LogP contribution in [0.25, 0.3) is 0 Å². The normalized spacial score (nSPS) is 12.7. The van der Waals surface area contributed by atoms with Gasteiger partial charge < -0.3 is 0 Å². The SMILES string of the molecule is CCC(=O)C(/C=N\c1c(C(C)C)cccc1C(C)C)=N\c1c(C(C)C)cccc1C(C)C. The minimum atomic E-state index is 0.00939. The van der Waals surface area contributed by atoms with Gasteiger partial charge >= 0.3 is 0 Å². The first-order valence-electron chi connectivity index (χ1n) is 12.0. The Balaban J connectivity index is 2.72. The summed E-state index contributed by atoms with van der Waals surface area (Å²) in [5, 5.41) is 0. The second-order valence-corrected chi connectivity index (χ2v) is 9.72. The molecule has 0 radical (unpaired) electrons. The van der Waals surface area contributed by atoms with Crippen molar-refractivity contribution in [3.63, 3.8) is 0 Å². The molecule has 0 aliphatic rings. The second-order valence-electron chi connectivity index (χ2n) is 9.72. The summed E-state index contributed by atoms with van der Waals surface area (Å²) in [6, 6.07) is 12.7. The fourth-order valence-corrected chi connectivity index (χ4v) is 3.89. The third-order valence-corrected chi connectivity index (χ3v) is 5.84. The summed E-state index contributed by atoms with van der Waals surface area (Å²) in [6.45, 7) is 19.3. The van der Waals surface area contributed by atoms with E-state index in [1.165, 1.54) is 11.1 Å². The lowest BCUT2D eigenvalue weighted by Crippen LogP contribution is -2.15. The van der Waals surface area contributed by atoms with Crippen molar-refractivity contribution in [3.05, 3.63) is 58.7 Å². The number of hydrogen-bond acceptors (Lipinski definition) is 3. The monoisotopic (exact) mass is 432 g/mol. The molecule has 0 amide bonds. The van der Waals surface area contributed by atoms with Crippen LogP contribution >= 0.6 is 0 Å². The zero-order valence-electron chi connectivity index (χ0n) is 21.4. The van der Waals surface area contributed by atoms with Gasteiger partial charge in [0.15, 0.2) is 5.78 Å². The molecule has 0 N–H and O–H groups in total. The van der Waals surface area contributed by atoms with E-state index in [0.29, 0.717) is 35.8 Å². The number of carbonyl (C=O) groups is 1. The topological polar surface area (TPSA) is 41.8 Å². The van der Waals surface area contributed by atoms with Gasteiger partial charge in [0.1, 0.15) is 5.71 Å². The lowest BCUT2D eigenvalue weighted by atomic mass is 9.92. The maximum Gasteiger partial charge on any atom is 0.182 e. The summed E-state index contributed by atoms with van der Waals surface area (Å²) in [4.78, 5) is 22.8. The highest BCUT2D eigenvalue weighted by Gasteiger charge is 2.17. The molecule has 3 nitrogen and oxygen atoms in total. The summed E-state index contributed by atoms with van der Waals surface area (Å²) < 4.78 is 0. The molecule has 0 unspecified atom stereocenters. The number of hydrogen-bond donors (Lipinski definition) is 0. The van der Waals surface area contributed by atoms with Crippen molar-refractivity contribution in [2.45, 2.75) is 92.4 Å². The molecular formula is C29H40N2O. The quantitative estimate of drug-likeness (QED) is 0.366. The van der Waals surface area contributed by atoms with Crippen LogP contribution in [-0.4, -0.2) is 17.7 Å². The first kappa shape index (κ1) is 25.7. The first-order chi connectivity index (χ1) is 15.1. The Morgan fingerprint density at radius 3 is 1.44 bits per heavy atom. The van der Waals surface area contributed by atoms with Crippen molar-refractivity contribution in [1.29, 1.82) is 0 Å². The number of ketones is 1. The summed E-state index contributed by atoms with van der Waals surface area (Å²) >= 11 is 0. The first-order valence-corrected chi connectivity index (χ1v) is 12.0. The van der Waals surface area contributed by atoms with Crippen LogP contribution in [0, 0.1) is 0 Å². The Bertz CT molecular complexity index is 942. The summed E-state index contributed by atoms with van der Waals surface area (Å²) in [5.74, 6) is 1.33. The molecule has 172 valence electrons. The second kappa shape index (κ2) is 11.4. The van der Waals surface area contributed by atoms with Crippen molar-refractivity contribution in [2.24, 2.45) is 9.98 Å². The van der Waals surface area contributed by atoms with Crippen molar-refractivity contribution >= 4 is 29.1 Å². The Hall–Kier alpha value is -2.55. The van der Waals surface area contributed by atoms with E-state index in [9.17, 15) is 4.79 Å². The van der Waals surface area contributed by atoms with E-state index < -0.39 is 0 Å². The maximum atomic E-state index is 12.9. The van der Waals surface area contributed by atoms with Crippen LogP contribution in [0.1, 0.15) is 115 Å². The Labute approximate surface area is 195 Å². The van der Waals surface area contributed by atoms with E-state index >= 15 is 0 Å². The van der Waals surface area contributed by atoms with Gasteiger partial charge in [-0.3, -0.25) is 9.79 Å². The van der Waals surface area contributed by atoms with E-state index in [4.69, 9.17) is 9.98 Å². The zero-order valence-corrected chi connectivity index (χ0v) is 21.4. The number of carbonyl (C=O) groups excluding carboxylic acids is 1. The fraction of sp³-hybridized carbons (Fsp3) is 0.483. The lowest BCUT2D eigenvalue weighted by molar-refractivity contribution is -0.112. The number of nitrogens with zero attached hydrogens (tertiary/aromatic N) is 2. The molecule has 0 saturated heterocycles. The molecule has 0 aliphatic carbocycles. The highest BCUT2D eigenvalue weighted by molar-refractivity contribution is 6.61. The number of aliphatic imine (C=N–C) groups is 2. The molecule has 0 atom stereocenters.